The summed E-state index contributed by atoms with van der Waals surface area (Å²) in [4.78, 5) is 44.4. The van der Waals surface area contributed by atoms with Crippen LogP contribution in [0.15, 0.2) is 57.7 Å². The number of benzene rings is 2. The first-order valence-electron chi connectivity index (χ1n) is 9.66. The van der Waals surface area contributed by atoms with Gasteiger partial charge >= 0.3 is 6.01 Å². The van der Waals surface area contributed by atoms with E-state index in [4.69, 9.17) is 9.15 Å². The first-order chi connectivity index (χ1) is 15.0. The zero-order valence-corrected chi connectivity index (χ0v) is 16.8. The van der Waals surface area contributed by atoms with Crippen molar-refractivity contribution in [2.24, 2.45) is 0 Å². The van der Waals surface area contributed by atoms with Crippen LogP contribution in [0.5, 0.6) is 5.75 Å². The number of para-hydroxylation sites is 2. The van der Waals surface area contributed by atoms with Crippen molar-refractivity contribution >= 4 is 28.6 Å². The Labute approximate surface area is 175 Å². The highest BCUT2D eigenvalue weighted by atomic mass is 16.5. The number of aromatic nitrogens is 3. The maximum Gasteiger partial charge on any atom is 0.325 e. The Morgan fingerprint density at radius 3 is 2.55 bits per heavy atom. The number of carbonyl (C=O) groups is 2. The zero-order chi connectivity index (χ0) is 21.7. The summed E-state index contributed by atoms with van der Waals surface area (Å²) in [6, 6.07) is 13.8. The lowest BCUT2D eigenvalue weighted by molar-refractivity contribution is -0.121. The Bertz CT molecular complexity index is 1350. The summed E-state index contributed by atoms with van der Waals surface area (Å²) in [7, 11) is 1.54. The van der Waals surface area contributed by atoms with Crippen LogP contribution in [0.25, 0.3) is 17.1 Å². The number of ether oxygens (including phenoxy) is 1. The number of H-pyrrole nitrogens is 1. The van der Waals surface area contributed by atoms with E-state index in [1.165, 1.54) is 11.8 Å². The summed E-state index contributed by atoms with van der Waals surface area (Å²) in [5.74, 6) is -1.08. The highest BCUT2D eigenvalue weighted by molar-refractivity contribution is 6.22. The molecule has 1 N–H and O–H groups in total. The van der Waals surface area contributed by atoms with Gasteiger partial charge in [-0.05, 0) is 43.3 Å². The summed E-state index contributed by atoms with van der Waals surface area (Å²) in [5, 5.41) is 2.92. The number of rotatable bonds is 4. The quantitative estimate of drug-likeness (QED) is 0.510. The third-order valence-electron chi connectivity index (χ3n) is 5.42. The van der Waals surface area contributed by atoms with Crippen molar-refractivity contribution in [3.05, 3.63) is 70.1 Å². The number of nitrogens with one attached hydrogen (secondary N) is 1. The lowest BCUT2D eigenvalue weighted by atomic mass is 9.98. The van der Waals surface area contributed by atoms with Crippen LogP contribution in [0.1, 0.15) is 23.6 Å². The second kappa shape index (κ2) is 6.98. The number of nitrogens with zero attached hydrogens (tertiary/aromatic N) is 3. The van der Waals surface area contributed by atoms with Gasteiger partial charge in [0.15, 0.2) is 5.58 Å². The van der Waals surface area contributed by atoms with Crippen LogP contribution in [0.4, 0.5) is 5.69 Å². The van der Waals surface area contributed by atoms with Crippen molar-refractivity contribution < 1.29 is 18.7 Å². The van der Waals surface area contributed by atoms with Crippen LogP contribution in [0.3, 0.4) is 0 Å². The van der Waals surface area contributed by atoms with E-state index in [0.717, 1.165) is 4.90 Å². The molecule has 4 aromatic rings. The zero-order valence-electron chi connectivity index (χ0n) is 16.8. The molecule has 1 unspecified atom stereocenters. The van der Waals surface area contributed by atoms with Crippen LogP contribution in [0, 0.1) is 6.92 Å². The van der Waals surface area contributed by atoms with E-state index >= 15 is 0 Å². The Balaban J connectivity index is 1.52. The molecular weight excluding hydrogens is 400 g/mol. The number of carbonyl (C=O) groups excluding carboxylic acids is 2. The highest BCUT2D eigenvalue weighted by Gasteiger charge is 2.43. The molecule has 0 aliphatic carbocycles. The van der Waals surface area contributed by atoms with Crippen molar-refractivity contribution in [3.8, 4) is 11.8 Å². The van der Waals surface area contributed by atoms with Gasteiger partial charge in [-0.1, -0.05) is 12.1 Å². The van der Waals surface area contributed by atoms with Gasteiger partial charge in [-0.25, -0.2) is 4.90 Å². The number of hydrogen-bond acceptors (Lipinski definition) is 6. The van der Waals surface area contributed by atoms with E-state index in [-0.39, 0.29) is 23.9 Å². The molecule has 0 radical (unpaired) electrons. The molecule has 5 rings (SSSR count). The Morgan fingerprint density at radius 2 is 1.84 bits per heavy atom. The lowest BCUT2D eigenvalue weighted by Gasteiger charge is -2.15. The Morgan fingerprint density at radius 1 is 1.10 bits per heavy atom. The second-order valence-corrected chi connectivity index (χ2v) is 7.28. The topological polar surface area (TPSA) is 110 Å². The van der Waals surface area contributed by atoms with Crippen LogP contribution in [-0.2, 0) is 9.59 Å². The van der Waals surface area contributed by atoms with E-state index < -0.39 is 17.4 Å². The predicted molar refractivity (Wildman–Crippen MR) is 112 cm³/mol. The average molecular weight is 418 g/mol. The standard InChI is InChI=1S/C22H18N4O5/c1-12-19(21(29)26(24-12)22-23-16-5-3-4-6-17(16)31-22)15-11-18(27)25(20(15)28)13-7-9-14(30-2)10-8-13/h3-10,15,24H,11H2,1-2H3. The van der Waals surface area contributed by atoms with E-state index in [1.807, 2.05) is 12.1 Å². The SMILES string of the molecule is COc1ccc(N2C(=O)CC(c3c(C)[nH]n(-c4nc5ccccc5o4)c3=O)C2=O)cc1. The van der Waals surface area contributed by atoms with Crippen LogP contribution in [-0.4, -0.2) is 33.7 Å². The first-order valence-corrected chi connectivity index (χ1v) is 9.66. The number of oxazole rings is 1. The first kappa shape index (κ1) is 18.9. The fourth-order valence-corrected chi connectivity index (χ4v) is 3.92. The van der Waals surface area contributed by atoms with Gasteiger partial charge < -0.3 is 9.15 Å². The summed E-state index contributed by atoms with van der Waals surface area (Å²) in [6.07, 6.45) is -0.0909. The molecule has 1 atom stereocenters. The molecule has 0 spiro atoms. The number of amides is 2. The Kier molecular flexibility index (Phi) is 4.25. The monoisotopic (exact) mass is 418 g/mol. The number of imide groups is 1. The molecule has 31 heavy (non-hydrogen) atoms. The largest absolute Gasteiger partial charge is 0.497 e. The molecule has 1 aliphatic rings. The van der Waals surface area contributed by atoms with Gasteiger partial charge in [0.25, 0.3) is 5.56 Å². The molecule has 156 valence electrons. The number of anilines is 1. The summed E-state index contributed by atoms with van der Waals surface area (Å²) < 4.78 is 12.0. The molecule has 2 amide bonds. The third-order valence-corrected chi connectivity index (χ3v) is 5.42. The number of fused-ring (bicyclic) bond motifs is 1. The number of hydrogen-bond donors (Lipinski definition) is 1. The summed E-state index contributed by atoms with van der Waals surface area (Å²) in [6.45, 7) is 1.68. The number of aryl methyl sites for hydroxylation is 1. The van der Waals surface area contributed by atoms with Gasteiger partial charge in [0.2, 0.25) is 11.8 Å². The van der Waals surface area contributed by atoms with Crippen molar-refractivity contribution in [2.75, 3.05) is 12.0 Å². The minimum atomic E-state index is -0.885. The van der Waals surface area contributed by atoms with Gasteiger partial charge in [-0.15, -0.1) is 0 Å². The van der Waals surface area contributed by atoms with Crippen molar-refractivity contribution in [2.45, 2.75) is 19.3 Å². The van der Waals surface area contributed by atoms with Gasteiger partial charge in [0, 0.05) is 12.1 Å². The highest BCUT2D eigenvalue weighted by Crippen LogP contribution is 2.34. The maximum absolute atomic E-state index is 13.2. The maximum atomic E-state index is 13.2. The molecule has 0 bridgehead atoms. The predicted octanol–water partition coefficient (Wildman–Crippen LogP) is 2.67. The molecule has 2 aromatic heterocycles. The van der Waals surface area contributed by atoms with Crippen molar-refractivity contribution in [1.29, 1.82) is 0 Å². The molecule has 1 aliphatic heterocycles. The molecule has 2 aromatic carbocycles. The molecule has 9 heteroatoms. The molecule has 0 saturated carbocycles. The fraction of sp³-hybridized carbons (Fsp3) is 0.182. The normalized spacial score (nSPS) is 16.5. The lowest BCUT2D eigenvalue weighted by Crippen LogP contribution is -2.31. The van der Waals surface area contributed by atoms with Crippen LogP contribution in [0.2, 0.25) is 0 Å². The molecule has 9 nitrogen and oxygen atoms in total. The van der Waals surface area contributed by atoms with Gasteiger partial charge in [0.1, 0.15) is 11.3 Å². The second-order valence-electron chi connectivity index (χ2n) is 7.28. The van der Waals surface area contributed by atoms with E-state index in [2.05, 4.69) is 10.1 Å². The minimum Gasteiger partial charge on any atom is -0.497 e. The fourth-order valence-electron chi connectivity index (χ4n) is 3.92. The molecular formula is C22H18N4O5. The van der Waals surface area contributed by atoms with E-state index in [0.29, 0.717) is 28.2 Å². The smallest absolute Gasteiger partial charge is 0.325 e. The number of aromatic amines is 1. The van der Waals surface area contributed by atoms with Crippen molar-refractivity contribution in [3.63, 3.8) is 0 Å². The van der Waals surface area contributed by atoms with E-state index in [9.17, 15) is 14.4 Å². The third kappa shape index (κ3) is 2.93. The minimum absolute atomic E-state index is 0.0735. The summed E-state index contributed by atoms with van der Waals surface area (Å²) >= 11 is 0. The Hall–Kier alpha value is -4.14. The molecule has 1 fully saturated rings. The van der Waals surface area contributed by atoms with Crippen molar-refractivity contribution in [1.82, 2.24) is 14.8 Å². The summed E-state index contributed by atoms with van der Waals surface area (Å²) in [5.41, 5.74) is 1.83. The van der Waals surface area contributed by atoms with Gasteiger partial charge in [-0.3, -0.25) is 19.5 Å². The molecule has 1 saturated heterocycles. The van der Waals surface area contributed by atoms with Crippen LogP contribution >= 0.6 is 0 Å². The van der Waals surface area contributed by atoms with Crippen LogP contribution < -0.4 is 15.2 Å². The molecule has 3 heterocycles. The average Bonchev–Trinajstić information content (AvgIpc) is 3.41. The number of methoxy groups -OCH3 is 1. The van der Waals surface area contributed by atoms with Gasteiger partial charge in [0.05, 0.1) is 24.3 Å². The van der Waals surface area contributed by atoms with E-state index in [1.54, 1.807) is 43.3 Å². The van der Waals surface area contributed by atoms with Gasteiger partial charge in [-0.2, -0.15) is 9.67 Å².